The number of carbonyl (C=O) groups is 1. The Kier molecular flexibility index (Phi) is 4.38. The van der Waals surface area contributed by atoms with Gasteiger partial charge in [0.25, 0.3) is 0 Å². The van der Waals surface area contributed by atoms with E-state index in [-0.39, 0.29) is 11.3 Å². The van der Waals surface area contributed by atoms with Gasteiger partial charge in [0.2, 0.25) is 5.91 Å². The Morgan fingerprint density at radius 2 is 1.95 bits per heavy atom. The molecular weight excluding hydrogens is 353 g/mol. The average molecular weight is 373 g/mol. The number of hydrogen-bond donors (Lipinski definition) is 2. The second-order valence-corrected chi connectivity index (χ2v) is 6.86. The van der Waals surface area contributed by atoms with Crippen molar-refractivity contribution in [1.82, 2.24) is 0 Å². The number of aromatic hydroxyl groups is 1. The average Bonchev–Trinajstić information content (AvgIpc) is 2.36. The third-order valence-corrected chi connectivity index (χ3v) is 4.84. The van der Waals surface area contributed by atoms with Gasteiger partial charge in [0.1, 0.15) is 5.75 Å². The van der Waals surface area contributed by atoms with Gasteiger partial charge in [-0.25, -0.2) is 0 Å². The molecule has 1 saturated carbocycles. The summed E-state index contributed by atoms with van der Waals surface area (Å²) in [4.78, 5) is 12.4. The molecule has 1 aromatic carbocycles. The number of rotatable bonds is 2. The number of phenols is 1. The number of amides is 1. The topological polar surface area (TPSA) is 49.3 Å². The molecule has 1 aromatic rings. The van der Waals surface area contributed by atoms with Crippen molar-refractivity contribution in [3.05, 3.63) is 21.3 Å². The largest absolute Gasteiger partial charge is 0.507 e. The number of hydrogen-bond acceptors (Lipinski definition) is 2. The summed E-state index contributed by atoms with van der Waals surface area (Å²) in [6, 6.07) is 3.63. The Balaban J connectivity index is 2.14. The first-order chi connectivity index (χ1) is 8.92. The fraction of sp³-hybridized carbons (Fsp3) is 0.533. The molecule has 2 rings (SSSR count). The van der Waals surface area contributed by atoms with Crippen LogP contribution >= 0.6 is 22.6 Å². The van der Waals surface area contributed by atoms with Crippen molar-refractivity contribution >= 4 is 34.2 Å². The fourth-order valence-electron chi connectivity index (χ4n) is 2.65. The first kappa shape index (κ1) is 14.6. The molecule has 19 heavy (non-hydrogen) atoms. The van der Waals surface area contributed by atoms with Gasteiger partial charge in [-0.2, -0.15) is 0 Å². The van der Waals surface area contributed by atoms with Crippen molar-refractivity contribution in [3.8, 4) is 5.75 Å². The van der Waals surface area contributed by atoms with E-state index in [4.69, 9.17) is 0 Å². The lowest BCUT2D eigenvalue weighted by Gasteiger charge is -2.32. The second kappa shape index (κ2) is 5.69. The molecule has 0 heterocycles. The highest BCUT2D eigenvalue weighted by molar-refractivity contribution is 14.1. The van der Waals surface area contributed by atoms with Gasteiger partial charge in [0.15, 0.2) is 0 Å². The van der Waals surface area contributed by atoms with Gasteiger partial charge in [-0.05, 0) is 60.1 Å². The number of aryl methyl sites for hydroxylation is 1. The minimum Gasteiger partial charge on any atom is -0.507 e. The Morgan fingerprint density at radius 3 is 2.53 bits per heavy atom. The van der Waals surface area contributed by atoms with E-state index in [9.17, 15) is 9.90 Å². The van der Waals surface area contributed by atoms with Crippen LogP contribution < -0.4 is 5.32 Å². The van der Waals surface area contributed by atoms with E-state index in [1.54, 1.807) is 0 Å². The Hall–Kier alpha value is -0.780. The summed E-state index contributed by atoms with van der Waals surface area (Å²) in [5.74, 6) is 0.399. The summed E-state index contributed by atoms with van der Waals surface area (Å²) < 4.78 is 0.765. The van der Waals surface area contributed by atoms with E-state index in [1.807, 2.05) is 19.1 Å². The zero-order valence-electron chi connectivity index (χ0n) is 11.4. The minimum atomic E-state index is -0.241. The molecule has 0 radical (unpaired) electrons. The number of nitrogens with one attached hydrogen (secondary N) is 1. The first-order valence-electron chi connectivity index (χ1n) is 6.73. The number of anilines is 1. The molecule has 0 spiro atoms. The highest BCUT2D eigenvalue weighted by Crippen LogP contribution is 2.37. The van der Waals surface area contributed by atoms with Crippen molar-refractivity contribution in [3.63, 3.8) is 0 Å². The number of benzene rings is 1. The van der Waals surface area contributed by atoms with Crippen molar-refractivity contribution in [1.29, 1.82) is 0 Å². The van der Waals surface area contributed by atoms with E-state index < -0.39 is 0 Å². The summed E-state index contributed by atoms with van der Waals surface area (Å²) in [6.45, 7) is 3.90. The monoisotopic (exact) mass is 373 g/mol. The fourth-order valence-corrected chi connectivity index (χ4v) is 3.41. The van der Waals surface area contributed by atoms with Crippen LogP contribution in [0.2, 0.25) is 0 Å². The van der Waals surface area contributed by atoms with Gasteiger partial charge in [-0.3, -0.25) is 4.79 Å². The van der Waals surface area contributed by atoms with E-state index in [0.29, 0.717) is 5.75 Å². The van der Waals surface area contributed by atoms with E-state index in [2.05, 4.69) is 34.8 Å². The summed E-state index contributed by atoms with van der Waals surface area (Å²) in [5, 5.41) is 12.8. The van der Waals surface area contributed by atoms with Crippen LogP contribution in [0, 0.1) is 15.9 Å². The molecule has 0 bridgehead atoms. The molecule has 1 amide bonds. The Bertz CT molecular complexity index is 470. The van der Waals surface area contributed by atoms with Gasteiger partial charge in [0, 0.05) is 11.1 Å². The quantitative estimate of drug-likeness (QED) is 0.603. The summed E-state index contributed by atoms with van der Waals surface area (Å²) in [7, 11) is 0. The summed E-state index contributed by atoms with van der Waals surface area (Å²) >= 11 is 2.08. The number of phenolic OH excluding ortho intramolecular Hbond substituents is 1. The van der Waals surface area contributed by atoms with Crippen LogP contribution in [0.4, 0.5) is 5.69 Å². The van der Waals surface area contributed by atoms with Crippen LogP contribution in [0.3, 0.4) is 0 Å². The third-order valence-electron chi connectivity index (χ3n) is 4.02. The van der Waals surface area contributed by atoms with Crippen LogP contribution in [0.25, 0.3) is 0 Å². The normalized spacial score (nSPS) is 18.1. The third kappa shape index (κ3) is 3.22. The smallest absolute Gasteiger partial charge is 0.230 e. The molecule has 0 aromatic heterocycles. The molecule has 4 heteroatoms. The van der Waals surface area contributed by atoms with E-state index in [1.165, 1.54) is 6.42 Å². The van der Waals surface area contributed by atoms with E-state index in [0.717, 1.165) is 40.5 Å². The minimum absolute atomic E-state index is 0.105. The van der Waals surface area contributed by atoms with Crippen molar-refractivity contribution in [2.24, 2.45) is 5.41 Å². The summed E-state index contributed by atoms with van der Waals surface area (Å²) in [5.41, 5.74) is 1.32. The predicted molar refractivity (Wildman–Crippen MR) is 85.4 cm³/mol. The Labute approximate surface area is 127 Å². The summed E-state index contributed by atoms with van der Waals surface area (Å²) in [6.07, 6.45) is 5.44. The lowest BCUT2D eigenvalue weighted by Crippen LogP contribution is -2.35. The molecule has 0 aliphatic heterocycles. The molecule has 3 nitrogen and oxygen atoms in total. The zero-order valence-corrected chi connectivity index (χ0v) is 13.6. The maximum Gasteiger partial charge on any atom is 0.230 e. The van der Waals surface area contributed by atoms with Gasteiger partial charge < -0.3 is 10.4 Å². The highest BCUT2D eigenvalue weighted by Gasteiger charge is 2.34. The molecule has 1 fully saturated rings. The van der Waals surface area contributed by atoms with Crippen molar-refractivity contribution < 1.29 is 9.90 Å². The lowest BCUT2D eigenvalue weighted by atomic mass is 9.75. The molecule has 1 aliphatic carbocycles. The maximum absolute atomic E-state index is 12.4. The molecular formula is C15H20INO2. The second-order valence-electron chi connectivity index (χ2n) is 5.70. The predicted octanol–water partition coefficient (Wildman–Crippen LogP) is 4.21. The molecule has 2 N–H and O–H groups in total. The van der Waals surface area contributed by atoms with Gasteiger partial charge in [-0.1, -0.05) is 26.2 Å². The van der Waals surface area contributed by atoms with Crippen LogP contribution in [0.5, 0.6) is 5.75 Å². The van der Waals surface area contributed by atoms with Crippen LogP contribution in [-0.2, 0) is 4.79 Å². The highest BCUT2D eigenvalue weighted by atomic mass is 127. The molecule has 0 saturated heterocycles. The molecule has 1 aliphatic rings. The van der Waals surface area contributed by atoms with Crippen LogP contribution in [0.1, 0.15) is 44.6 Å². The number of carbonyl (C=O) groups excluding carboxylic acids is 1. The van der Waals surface area contributed by atoms with Crippen molar-refractivity contribution in [2.45, 2.75) is 46.0 Å². The SMILES string of the molecule is Cc1cc(NC(=O)C2(C)CCCCC2)cc(I)c1O. The Morgan fingerprint density at radius 1 is 1.32 bits per heavy atom. The standard InChI is InChI=1S/C15H20INO2/c1-10-8-11(9-12(16)13(10)18)17-14(19)15(2)6-4-3-5-7-15/h8-9,18H,3-7H2,1-2H3,(H,17,19). The molecule has 0 atom stereocenters. The van der Waals surface area contributed by atoms with E-state index >= 15 is 0 Å². The van der Waals surface area contributed by atoms with Crippen LogP contribution in [0.15, 0.2) is 12.1 Å². The maximum atomic E-state index is 12.4. The van der Waals surface area contributed by atoms with Gasteiger partial charge >= 0.3 is 0 Å². The van der Waals surface area contributed by atoms with Gasteiger partial charge in [0.05, 0.1) is 3.57 Å². The molecule has 104 valence electrons. The van der Waals surface area contributed by atoms with Gasteiger partial charge in [-0.15, -0.1) is 0 Å². The first-order valence-corrected chi connectivity index (χ1v) is 7.81. The lowest BCUT2D eigenvalue weighted by molar-refractivity contribution is -0.126. The van der Waals surface area contributed by atoms with Crippen LogP contribution in [-0.4, -0.2) is 11.0 Å². The molecule has 0 unspecified atom stereocenters. The zero-order chi connectivity index (χ0) is 14.0. The number of halogens is 1. The van der Waals surface area contributed by atoms with Crippen molar-refractivity contribution in [2.75, 3.05) is 5.32 Å².